The van der Waals surface area contributed by atoms with Gasteiger partial charge in [-0.15, -0.1) is 13.2 Å². The van der Waals surface area contributed by atoms with Gasteiger partial charge in [0.05, 0.1) is 0 Å². The van der Waals surface area contributed by atoms with Crippen LogP contribution in [0.4, 0.5) is 37.2 Å². The Morgan fingerprint density at radius 1 is 1.03 bits per heavy atom. The molecule has 2 heterocycles. The van der Waals surface area contributed by atoms with Crippen molar-refractivity contribution < 1.29 is 45.7 Å². The Kier molecular flexibility index (Phi) is 5.92. The smallest absolute Gasteiger partial charge is 0.477 e. The number of hydrogen-bond acceptors (Lipinski definition) is 7. The van der Waals surface area contributed by atoms with Crippen molar-refractivity contribution in [2.45, 2.75) is 12.5 Å². The fourth-order valence-electron chi connectivity index (χ4n) is 2.24. The number of thiazole rings is 1. The van der Waals surface area contributed by atoms with Crippen molar-refractivity contribution in [3.8, 4) is 17.4 Å². The van der Waals surface area contributed by atoms with Gasteiger partial charge in [0.1, 0.15) is 10.6 Å². The highest BCUT2D eigenvalue weighted by Crippen LogP contribution is 2.40. The lowest BCUT2D eigenvalue weighted by molar-refractivity contribution is -0.275. The van der Waals surface area contributed by atoms with E-state index in [4.69, 9.17) is 9.84 Å². The normalized spacial score (nSPS) is 11.8. The first-order valence-corrected chi connectivity index (χ1v) is 8.81. The standard InChI is InChI=1S/C17H9F6N3O4S/c18-16(19,20)12-11(14(27)28)31-15(26-12)25-8-4-3-7-24-13(8)29-9-5-1-2-6-10(9)30-17(21,22)23/h1-7H,(H,25,26)(H,27,28). The van der Waals surface area contributed by atoms with Crippen molar-refractivity contribution in [1.82, 2.24) is 9.97 Å². The summed E-state index contributed by atoms with van der Waals surface area (Å²) in [7, 11) is 0. The number of aromatic carboxylic acids is 1. The number of para-hydroxylation sites is 2. The maximum absolute atomic E-state index is 13.0. The van der Waals surface area contributed by atoms with Crippen LogP contribution in [-0.4, -0.2) is 27.4 Å². The Balaban J connectivity index is 1.92. The number of nitrogens with one attached hydrogen (secondary N) is 1. The monoisotopic (exact) mass is 465 g/mol. The fraction of sp³-hybridized carbons (Fsp3) is 0.118. The molecule has 0 unspecified atom stereocenters. The number of nitrogens with zero attached hydrogens (tertiary/aromatic N) is 2. The highest BCUT2D eigenvalue weighted by molar-refractivity contribution is 7.17. The van der Waals surface area contributed by atoms with Gasteiger partial charge in [-0.25, -0.2) is 14.8 Å². The Bertz CT molecular complexity index is 1100. The van der Waals surface area contributed by atoms with Gasteiger partial charge in [-0.05, 0) is 24.3 Å². The summed E-state index contributed by atoms with van der Waals surface area (Å²) in [5.74, 6) is -3.18. The van der Waals surface area contributed by atoms with E-state index in [1.165, 1.54) is 30.5 Å². The average Bonchev–Trinajstić information content (AvgIpc) is 3.08. The predicted octanol–water partition coefficient (Wildman–Crippen LogP) is 5.69. The molecular weight excluding hydrogens is 456 g/mol. The van der Waals surface area contributed by atoms with Gasteiger partial charge in [0.15, 0.2) is 22.3 Å². The van der Waals surface area contributed by atoms with Crippen LogP contribution >= 0.6 is 11.3 Å². The van der Waals surface area contributed by atoms with Crippen molar-refractivity contribution in [3.05, 3.63) is 53.2 Å². The van der Waals surface area contributed by atoms with Crippen LogP contribution in [0, 0.1) is 0 Å². The summed E-state index contributed by atoms with van der Waals surface area (Å²) in [4.78, 5) is 17.2. The molecule has 0 atom stereocenters. The molecule has 2 N–H and O–H groups in total. The second-order valence-corrected chi connectivity index (χ2v) is 6.58. The largest absolute Gasteiger partial charge is 0.573 e. The maximum atomic E-state index is 13.0. The molecule has 164 valence electrons. The number of carboxylic acid groups (broad SMARTS) is 1. The molecule has 0 bridgehead atoms. The van der Waals surface area contributed by atoms with E-state index in [0.717, 1.165) is 12.1 Å². The van der Waals surface area contributed by atoms with Gasteiger partial charge in [0, 0.05) is 6.20 Å². The van der Waals surface area contributed by atoms with Crippen LogP contribution < -0.4 is 14.8 Å². The summed E-state index contributed by atoms with van der Waals surface area (Å²) >= 11 is 0.217. The van der Waals surface area contributed by atoms with Gasteiger partial charge in [-0.2, -0.15) is 13.2 Å². The molecule has 1 aromatic carbocycles. The Morgan fingerprint density at radius 2 is 1.71 bits per heavy atom. The minimum absolute atomic E-state index is 0.0799. The van der Waals surface area contributed by atoms with Crippen molar-refractivity contribution in [1.29, 1.82) is 0 Å². The van der Waals surface area contributed by atoms with Crippen LogP contribution in [0.3, 0.4) is 0 Å². The van der Waals surface area contributed by atoms with Gasteiger partial charge < -0.3 is 19.9 Å². The number of benzene rings is 1. The minimum Gasteiger partial charge on any atom is -0.477 e. The van der Waals surface area contributed by atoms with Gasteiger partial charge in [0.2, 0.25) is 5.88 Å². The lowest BCUT2D eigenvalue weighted by Gasteiger charge is -2.14. The van der Waals surface area contributed by atoms with E-state index in [9.17, 15) is 31.1 Å². The molecular formula is C17H9F6N3O4S. The van der Waals surface area contributed by atoms with Crippen molar-refractivity contribution >= 4 is 28.1 Å². The first-order chi connectivity index (χ1) is 14.4. The molecule has 0 aliphatic heterocycles. The van der Waals surface area contributed by atoms with E-state index in [-0.39, 0.29) is 28.7 Å². The molecule has 3 aromatic rings. The number of pyridine rings is 1. The fourth-order valence-corrected chi connectivity index (χ4v) is 3.08. The summed E-state index contributed by atoms with van der Waals surface area (Å²) in [6.07, 6.45) is -8.78. The van der Waals surface area contributed by atoms with Crippen molar-refractivity contribution in [3.63, 3.8) is 0 Å². The number of carboxylic acids is 1. The molecule has 0 radical (unpaired) electrons. The SMILES string of the molecule is O=C(O)c1sc(Nc2cccnc2Oc2ccccc2OC(F)(F)F)nc1C(F)(F)F. The van der Waals surface area contributed by atoms with E-state index in [1.54, 1.807) is 0 Å². The van der Waals surface area contributed by atoms with Crippen molar-refractivity contribution in [2.75, 3.05) is 5.32 Å². The van der Waals surface area contributed by atoms with E-state index < -0.39 is 40.0 Å². The zero-order chi connectivity index (χ0) is 22.8. The van der Waals surface area contributed by atoms with Gasteiger partial charge in [0.25, 0.3) is 0 Å². The molecule has 0 saturated heterocycles. The van der Waals surface area contributed by atoms with Crippen LogP contribution in [0.15, 0.2) is 42.6 Å². The second-order valence-electron chi connectivity index (χ2n) is 5.58. The van der Waals surface area contributed by atoms with Crippen LogP contribution in [0.5, 0.6) is 17.4 Å². The van der Waals surface area contributed by atoms with Crippen molar-refractivity contribution in [2.24, 2.45) is 0 Å². The molecule has 0 amide bonds. The number of alkyl halides is 6. The summed E-state index contributed by atoms with van der Waals surface area (Å²) in [6, 6.07) is 7.45. The maximum Gasteiger partial charge on any atom is 0.573 e. The van der Waals surface area contributed by atoms with E-state index in [0.29, 0.717) is 0 Å². The van der Waals surface area contributed by atoms with E-state index in [1.807, 2.05) is 0 Å². The summed E-state index contributed by atoms with van der Waals surface area (Å²) < 4.78 is 86.0. The quantitative estimate of drug-likeness (QED) is 0.452. The summed E-state index contributed by atoms with van der Waals surface area (Å²) in [5, 5.41) is 11.0. The third kappa shape index (κ3) is 5.53. The molecule has 0 aliphatic rings. The number of anilines is 2. The number of halogens is 6. The molecule has 0 spiro atoms. The third-order valence-electron chi connectivity index (χ3n) is 3.38. The van der Waals surface area contributed by atoms with Gasteiger partial charge >= 0.3 is 18.5 Å². The number of hydrogen-bond donors (Lipinski definition) is 2. The summed E-state index contributed by atoms with van der Waals surface area (Å²) in [6.45, 7) is 0. The first kappa shape index (κ1) is 22.1. The lowest BCUT2D eigenvalue weighted by atomic mass is 10.3. The van der Waals surface area contributed by atoms with Crippen LogP contribution in [0.1, 0.15) is 15.4 Å². The molecule has 0 fully saturated rings. The van der Waals surface area contributed by atoms with Gasteiger partial charge in [-0.1, -0.05) is 23.5 Å². The molecule has 14 heteroatoms. The van der Waals surface area contributed by atoms with Crippen LogP contribution in [0.25, 0.3) is 0 Å². The van der Waals surface area contributed by atoms with Crippen LogP contribution in [0.2, 0.25) is 0 Å². The zero-order valence-corrected chi connectivity index (χ0v) is 15.6. The number of rotatable bonds is 6. The number of aromatic nitrogens is 2. The Labute approximate surface area is 172 Å². The Hall–Kier alpha value is -3.55. The lowest BCUT2D eigenvalue weighted by Crippen LogP contribution is -2.17. The second kappa shape index (κ2) is 8.29. The molecule has 31 heavy (non-hydrogen) atoms. The van der Waals surface area contributed by atoms with Crippen LogP contribution in [-0.2, 0) is 6.18 Å². The molecule has 0 saturated carbocycles. The van der Waals surface area contributed by atoms with Gasteiger partial charge in [-0.3, -0.25) is 0 Å². The first-order valence-electron chi connectivity index (χ1n) is 8.00. The number of ether oxygens (including phenoxy) is 2. The highest BCUT2D eigenvalue weighted by Gasteiger charge is 2.40. The van der Waals surface area contributed by atoms with E-state index >= 15 is 0 Å². The molecule has 2 aromatic heterocycles. The zero-order valence-electron chi connectivity index (χ0n) is 14.8. The highest BCUT2D eigenvalue weighted by atomic mass is 32.1. The van der Waals surface area contributed by atoms with E-state index in [2.05, 4.69) is 20.0 Å². The Morgan fingerprint density at radius 3 is 2.29 bits per heavy atom. The molecule has 3 rings (SSSR count). The third-order valence-corrected chi connectivity index (χ3v) is 4.34. The minimum atomic E-state index is -5.01. The summed E-state index contributed by atoms with van der Waals surface area (Å²) in [5.41, 5.74) is -1.67. The topological polar surface area (TPSA) is 93.6 Å². The average molecular weight is 465 g/mol. The molecule has 0 aliphatic carbocycles. The predicted molar refractivity (Wildman–Crippen MR) is 94.8 cm³/mol. The number of carbonyl (C=O) groups is 1. The molecule has 7 nitrogen and oxygen atoms in total.